The van der Waals surface area contributed by atoms with Gasteiger partial charge in [-0.1, -0.05) is 0 Å². The van der Waals surface area contributed by atoms with E-state index in [0.717, 1.165) is 22.0 Å². The SMILES string of the molecule is COc1cc2ccnc(-c3ccc(O)cc3)c2cc1O. The van der Waals surface area contributed by atoms with Gasteiger partial charge >= 0.3 is 0 Å². The van der Waals surface area contributed by atoms with Gasteiger partial charge in [0.15, 0.2) is 11.5 Å². The summed E-state index contributed by atoms with van der Waals surface area (Å²) in [5.41, 5.74) is 1.62. The quantitative estimate of drug-likeness (QED) is 0.747. The number of fused-ring (bicyclic) bond motifs is 1. The van der Waals surface area contributed by atoms with Gasteiger partial charge in [0.25, 0.3) is 0 Å². The summed E-state index contributed by atoms with van der Waals surface area (Å²) >= 11 is 0. The number of nitrogens with zero attached hydrogens (tertiary/aromatic N) is 1. The molecule has 3 aromatic rings. The van der Waals surface area contributed by atoms with E-state index in [1.54, 1.807) is 42.6 Å². The first kappa shape index (κ1) is 12.3. The van der Waals surface area contributed by atoms with Crippen molar-refractivity contribution in [1.82, 2.24) is 4.98 Å². The van der Waals surface area contributed by atoms with E-state index in [9.17, 15) is 10.2 Å². The Hall–Kier alpha value is -2.75. The number of methoxy groups -OCH3 is 1. The van der Waals surface area contributed by atoms with Crippen molar-refractivity contribution in [3.8, 4) is 28.5 Å². The summed E-state index contributed by atoms with van der Waals surface area (Å²) in [6.45, 7) is 0. The number of rotatable bonds is 2. The van der Waals surface area contributed by atoms with Crippen LogP contribution in [0.4, 0.5) is 0 Å². The average Bonchev–Trinajstić information content (AvgIpc) is 2.47. The Morgan fingerprint density at radius 1 is 1.00 bits per heavy atom. The van der Waals surface area contributed by atoms with Gasteiger partial charge in [0.05, 0.1) is 12.8 Å². The molecule has 0 radical (unpaired) electrons. The maximum atomic E-state index is 9.93. The molecule has 4 heteroatoms. The van der Waals surface area contributed by atoms with Crippen LogP contribution in [-0.4, -0.2) is 22.3 Å². The highest BCUT2D eigenvalue weighted by atomic mass is 16.5. The fourth-order valence-corrected chi connectivity index (χ4v) is 2.20. The summed E-state index contributed by atoms with van der Waals surface area (Å²) in [6.07, 6.45) is 1.71. The Kier molecular flexibility index (Phi) is 2.91. The van der Waals surface area contributed by atoms with Crippen LogP contribution in [0.15, 0.2) is 48.7 Å². The molecule has 0 bridgehead atoms. The first-order valence-corrected chi connectivity index (χ1v) is 6.14. The number of hydrogen-bond donors (Lipinski definition) is 2. The number of phenolic OH excluding ortho intramolecular Hbond substituents is 2. The summed E-state index contributed by atoms with van der Waals surface area (Å²) in [5.74, 6) is 0.715. The van der Waals surface area contributed by atoms with E-state index in [0.29, 0.717) is 5.75 Å². The molecular weight excluding hydrogens is 254 g/mol. The lowest BCUT2D eigenvalue weighted by atomic mass is 10.0. The van der Waals surface area contributed by atoms with Crippen molar-refractivity contribution in [2.45, 2.75) is 0 Å². The van der Waals surface area contributed by atoms with Gasteiger partial charge < -0.3 is 14.9 Å². The molecule has 0 unspecified atom stereocenters. The number of benzene rings is 2. The molecule has 0 atom stereocenters. The summed E-state index contributed by atoms with van der Waals surface area (Å²) in [7, 11) is 1.52. The summed E-state index contributed by atoms with van der Waals surface area (Å²) in [4.78, 5) is 4.37. The second-order valence-electron chi connectivity index (χ2n) is 4.45. The molecule has 0 aliphatic heterocycles. The van der Waals surface area contributed by atoms with Gasteiger partial charge in [-0.15, -0.1) is 0 Å². The molecule has 20 heavy (non-hydrogen) atoms. The molecular formula is C16H13NO3. The highest BCUT2D eigenvalue weighted by Crippen LogP contribution is 2.35. The van der Waals surface area contributed by atoms with Crippen LogP contribution in [0.1, 0.15) is 0 Å². The largest absolute Gasteiger partial charge is 0.508 e. The monoisotopic (exact) mass is 267 g/mol. The van der Waals surface area contributed by atoms with Crippen LogP contribution in [0.2, 0.25) is 0 Å². The van der Waals surface area contributed by atoms with E-state index in [-0.39, 0.29) is 11.5 Å². The summed E-state index contributed by atoms with van der Waals surface area (Å²) in [5, 5.41) is 21.0. The van der Waals surface area contributed by atoms with Gasteiger partial charge in [0.2, 0.25) is 0 Å². The Bertz CT molecular complexity index is 767. The van der Waals surface area contributed by atoms with Crippen molar-refractivity contribution in [2.24, 2.45) is 0 Å². The molecule has 0 amide bonds. The van der Waals surface area contributed by atoms with Gasteiger partial charge in [-0.3, -0.25) is 4.98 Å². The van der Waals surface area contributed by atoms with E-state index in [4.69, 9.17) is 4.74 Å². The van der Waals surface area contributed by atoms with Crippen molar-refractivity contribution in [2.75, 3.05) is 7.11 Å². The van der Waals surface area contributed by atoms with Gasteiger partial charge in [0, 0.05) is 17.1 Å². The number of phenols is 2. The highest BCUT2D eigenvalue weighted by molar-refractivity contribution is 5.96. The zero-order valence-corrected chi connectivity index (χ0v) is 10.9. The fourth-order valence-electron chi connectivity index (χ4n) is 2.20. The van der Waals surface area contributed by atoms with Crippen LogP contribution < -0.4 is 4.74 Å². The molecule has 4 nitrogen and oxygen atoms in total. The Morgan fingerprint density at radius 3 is 2.45 bits per heavy atom. The maximum Gasteiger partial charge on any atom is 0.161 e. The number of aromatic hydroxyl groups is 2. The fraction of sp³-hybridized carbons (Fsp3) is 0.0625. The Morgan fingerprint density at radius 2 is 1.75 bits per heavy atom. The van der Waals surface area contributed by atoms with E-state index in [1.807, 2.05) is 6.07 Å². The van der Waals surface area contributed by atoms with Crippen molar-refractivity contribution in [1.29, 1.82) is 0 Å². The molecule has 1 heterocycles. The molecule has 0 fully saturated rings. The summed E-state index contributed by atoms with van der Waals surface area (Å²) < 4.78 is 5.11. The van der Waals surface area contributed by atoms with Crippen LogP contribution in [0.3, 0.4) is 0 Å². The average molecular weight is 267 g/mol. The van der Waals surface area contributed by atoms with Crippen LogP contribution in [0, 0.1) is 0 Å². The first-order valence-electron chi connectivity index (χ1n) is 6.14. The molecule has 0 saturated carbocycles. The number of pyridine rings is 1. The minimum absolute atomic E-state index is 0.0769. The van der Waals surface area contributed by atoms with Gasteiger partial charge in [-0.25, -0.2) is 0 Å². The lowest BCUT2D eigenvalue weighted by molar-refractivity contribution is 0.374. The topological polar surface area (TPSA) is 62.6 Å². The highest BCUT2D eigenvalue weighted by Gasteiger charge is 2.10. The third-order valence-electron chi connectivity index (χ3n) is 3.20. The predicted molar refractivity (Wildman–Crippen MR) is 77.1 cm³/mol. The van der Waals surface area contributed by atoms with Crippen molar-refractivity contribution in [3.63, 3.8) is 0 Å². The molecule has 0 saturated heterocycles. The van der Waals surface area contributed by atoms with Gasteiger partial charge in [-0.2, -0.15) is 0 Å². The maximum absolute atomic E-state index is 9.93. The minimum atomic E-state index is 0.0769. The van der Waals surface area contributed by atoms with Crippen LogP contribution >= 0.6 is 0 Å². The molecule has 3 rings (SSSR count). The molecule has 0 aliphatic carbocycles. The molecule has 0 aliphatic rings. The third kappa shape index (κ3) is 2.01. The standard InChI is InChI=1S/C16H13NO3/c1-20-15-8-11-6-7-17-16(13(11)9-14(15)19)10-2-4-12(18)5-3-10/h2-9,18-19H,1H3. The lowest BCUT2D eigenvalue weighted by Crippen LogP contribution is -1.88. The van der Waals surface area contributed by atoms with Crippen molar-refractivity contribution >= 4 is 10.8 Å². The first-order chi connectivity index (χ1) is 9.69. The molecule has 1 aromatic heterocycles. The summed E-state index contributed by atoms with van der Waals surface area (Å²) in [6, 6.07) is 12.1. The normalized spacial score (nSPS) is 10.7. The van der Waals surface area contributed by atoms with E-state index in [1.165, 1.54) is 7.11 Å². The lowest BCUT2D eigenvalue weighted by Gasteiger charge is -2.09. The molecule has 2 aromatic carbocycles. The van der Waals surface area contributed by atoms with Crippen molar-refractivity contribution in [3.05, 3.63) is 48.7 Å². The van der Waals surface area contributed by atoms with Gasteiger partial charge in [0.1, 0.15) is 5.75 Å². The second-order valence-corrected chi connectivity index (χ2v) is 4.45. The zero-order chi connectivity index (χ0) is 14.1. The number of aromatic nitrogens is 1. The van der Waals surface area contributed by atoms with E-state index < -0.39 is 0 Å². The Labute approximate surface area is 115 Å². The smallest absolute Gasteiger partial charge is 0.161 e. The minimum Gasteiger partial charge on any atom is -0.508 e. The van der Waals surface area contributed by atoms with Crippen LogP contribution in [0.5, 0.6) is 17.2 Å². The third-order valence-corrected chi connectivity index (χ3v) is 3.20. The predicted octanol–water partition coefficient (Wildman–Crippen LogP) is 3.32. The second kappa shape index (κ2) is 4.74. The Balaban J connectivity index is 2.26. The zero-order valence-electron chi connectivity index (χ0n) is 10.9. The van der Waals surface area contributed by atoms with Crippen LogP contribution in [0.25, 0.3) is 22.0 Å². The van der Waals surface area contributed by atoms with Gasteiger partial charge in [-0.05, 0) is 47.9 Å². The van der Waals surface area contributed by atoms with E-state index >= 15 is 0 Å². The molecule has 100 valence electrons. The van der Waals surface area contributed by atoms with E-state index in [2.05, 4.69) is 4.98 Å². The number of ether oxygens (including phenoxy) is 1. The molecule has 2 N–H and O–H groups in total. The van der Waals surface area contributed by atoms with Crippen LogP contribution in [-0.2, 0) is 0 Å². The molecule has 0 spiro atoms. The number of hydrogen-bond acceptors (Lipinski definition) is 4. The van der Waals surface area contributed by atoms with Crippen molar-refractivity contribution < 1.29 is 14.9 Å².